The molecule has 0 aliphatic carbocycles. The number of hydrogen-bond acceptors (Lipinski definition) is 3. The maximum absolute atomic E-state index is 11.0. The van der Waals surface area contributed by atoms with E-state index in [4.69, 9.17) is 28.3 Å². The molecule has 0 atom stereocenters. The van der Waals surface area contributed by atoms with E-state index in [0.717, 1.165) is 10.4 Å². The van der Waals surface area contributed by atoms with Crippen LogP contribution in [0.25, 0.3) is 11.0 Å². The Hall–Kier alpha value is -1.69. The van der Waals surface area contributed by atoms with Crippen LogP contribution >= 0.6 is 35.0 Å². The number of nitrogens with zero attached hydrogens (tertiary/aromatic N) is 1. The molecule has 7 heteroatoms. The van der Waals surface area contributed by atoms with Gasteiger partial charge in [-0.3, -0.25) is 0 Å². The number of halogens is 2. The molecule has 2 N–H and O–H groups in total. The number of aromatic nitrogens is 2. The first-order chi connectivity index (χ1) is 10.0. The Balaban J connectivity index is 1.94. The van der Waals surface area contributed by atoms with Crippen LogP contribution in [0.3, 0.4) is 0 Å². The molecule has 3 rings (SSSR count). The summed E-state index contributed by atoms with van der Waals surface area (Å²) in [5, 5.41) is 10.5. The standard InChI is InChI=1S/C14H8Cl2N2O2S/c15-9-5-11-12(6-10(9)16)18-14(17-11)21-8-3-1-2-7(4-8)13(19)20/h1-6H,(H,17,18)(H,19,20). The maximum atomic E-state index is 11.0. The van der Waals surface area contributed by atoms with Gasteiger partial charge in [-0.1, -0.05) is 41.0 Å². The van der Waals surface area contributed by atoms with Crippen molar-refractivity contribution in [3.8, 4) is 0 Å². The van der Waals surface area contributed by atoms with Gasteiger partial charge in [-0.25, -0.2) is 9.78 Å². The lowest BCUT2D eigenvalue weighted by Crippen LogP contribution is -1.95. The minimum absolute atomic E-state index is 0.238. The highest BCUT2D eigenvalue weighted by Gasteiger charge is 2.09. The van der Waals surface area contributed by atoms with Crippen LogP contribution in [-0.2, 0) is 0 Å². The fraction of sp³-hybridized carbons (Fsp3) is 0. The molecule has 106 valence electrons. The van der Waals surface area contributed by atoms with Crippen LogP contribution in [0.1, 0.15) is 10.4 Å². The van der Waals surface area contributed by atoms with Gasteiger partial charge in [0, 0.05) is 4.90 Å². The Bertz CT molecular complexity index is 809. The highest BCUT2D eigenvalue weighted by atomic mass is 35.5. The predicted molar refractivity (Wildman–Crippen MR) is 83.6 cm³/mol. The van der Waals surface area contributed by atoms with Gasteiger partial charge in [0.1, 0.15) is 0 Å². The molecule has 0 spiro atoms. The van der Waals surface area contributed by atoms with Crippen molar-refractivity contribution < 1.29 is 9.90 Å². The Labute approximate surface area is 134 Å². The number of fused-ring (bicyclic) bond motifs is 1. The summed E-state index contributed by atoms with van der Waals surface area (Å²) in [6, 6.07) is 10.1. The van der Waals surface area contributed by atoms with Gasteiger partial charge in [0.05, 0.1) is 26.6 Å². The average molecular weight is 339 g/mol. The maximum Gasteiger partial charge on any atom is 0.335 e. The van der Waals surface area contributed by atoms with Crippen LogP contribution < -0.4 is 0 Å². The summed E-state index contributed by atoms with van der Waals surface area (Å²) in [5.41, 5.74) is 1.73. The Morgan fingerprint density at radius 1 is 1.19 bits per heavy atom. The molecular weight excluding hydrogens is 331 g/mol. The number of nitrogens with one attached hydrogen (secondary N) is 1. The quantitative estimate of drug-likeness (QED) is 0.725. The van der Waals surface area contributed by atoms with Gasteiger partial charge in [-0.2, -0.15) is 0 Å². The van der Waals surface area contributed by atoms with E-state index in [2.05, 4.69) is 9.97 Å². The molecule has 0 aliphatic rings. The van der Waals surface area contributed by atoms with Crippen molar-refractivity contribution in [3.05, 3.63) is 52.0 Å². The molecule has 0 saturated heterocycles. The predicted octanol–water partition coefficient (Wildman–Crippen LogP) is 4.72. The minimum Gasteiger partial charge on any atom is -0.478 e. The molecule has 0 bridgehead atoms. The summed E-state index contributed by atoms with van der Waals surface area (Å²) in [6.45, 7) is 0. The van der Waals surface area contributed by atoms with Crippen LogP contribution in [0.5, 0.6) is 0 Å². The summed E-state index contributed by atoms with van der Waals surface area (Å²) in [4.78, 5) is 19.3. The molecule has 0 fully saturated rings. The molecule has 21 heavy (non-hydrogen) atoms. The van der Waals surface area contributed by atoms with Gasteiger partial charge >= 0.3 is 5.97 Å². The second-order valence-electron chi connectivity index (χ2n) is 4.26. The largest absolute Gasteiger partial charge is 0.478 e. The van der Waals surface area contributed by atoms with Crippen LogP contribution in [0.2, 0.25) is 10.0 Å². The van der Waals surface area contributed by atoms with Crippen molar-refractivity contribution in [2.75, 3.05) is 0 Å². The molecule has 1 heterocycles. The van der Waals surface area contributed by atoms with Gasteiger partial charge in [-0.05, 0) is 30.3 Å². The highest BCUT2D eigenvalue weighted by molar-refractivity contribution is 7.99. The topological polar surface area (TPSA) is 66.0 Å². The van der Waals surface area contributed by atoms with Gasteiger partial charge < -0.3 is 10.1 Å². The molecule has 4 nitrogen and oxygen atoms in total. The van der Waals surface area contributed by atoms with Crippen molar-refractivity contribution in [2.45, 2.75) is 10.1 Å². The lowest BCUT2D eigenvalue weighted by atomic mass is 10.2. The number of benzene rings is 2. The monoisotopic (exact) mass is 338 g/mol. The van der Waals surface area contributed by atoms with Crippen LogP contribution in [0, 0.1) is 0 Å². The highest BCUT2D eigenvalue weighted by Crippen LogP contribution is 2.31. The molecule has 0 aliphatic heterocycles. The fourth-order valence-electron chi connectivity index (χ4n) is 1.83. The van der Waals surface area contributed by atoms with E-state index in [1.165, 1.54) is 11.8 Å². The van der Waals surface area contributed by atoms with Gasteiger partial charge in [0.25, 0.3) is 0 Å². The smallest absolute Gasteiger partial charge is 0.335 e. The summed E-state index contributed by atoms with van der Waals surface area (Å²) in [5.74, 6) is -0.958. The molecule has 3 aromatic rings. The average Bonchev–Trinajstić information content (AvgIpc) is 2.80. The minimum atomic E-state index is -0.958. The van der Waals surface area contributed by atoms with Crippen molar-refractivity contribution in [1.82, 2.24) is 9.97 Å². The molecule has 0 radical (unpaired) electrons. The van der Waals surface area contributed by atoms with E-state index in [9.17, 15) is 4.79 Å². The Morgan fingerprint density at radius 2 is 1.95 bits per heavy atom. The molecule has 2 aromatic carbocycles. The number of rotatable bonds is 3. The second-order valence-corrected chi connectivity index (χ2v) is 6.14. The lowest BCUT2D eigenvalue weighted by molar-refractivity contribution is 0.0696. The van der Waals surface area contributed by atoms with Gasteiger partial charge in [0.15, 0.2) is 5.16 Å². The number of carbonyl (C=O) groups is 1. The summed E-state index contributed by atoms with van der Waals surface area (Å²) in [7, 11) is 0. The van der Waals surface area contributed by atoms with Crippen molar-refractivity contribution >= 4 is 52.0 Å². The van der Waals surface area contributed by atoms with E-state index in [1.54, 1.807) is 30.3 Å². The number of imidazole rings is 1. The lowest BCUT2D eigenvalue weighted by Gasteiger charge is -1.99. The molecule has 0 unspecified atom stereocenters. The first-order valence-electron chi connectivity index (χ1n) is 5.89. The van der Waals surface area contributed by atoms with Crippen LogP contribution in [0.15, 0.2) is 46.5 Å². The SMILES string of the molecule is O=C(O)c1cccc(Sc2nc3cc(Cl)c(Cl)cc3[nH]2)c1. The van der Waals surface area contributed by atoms with E-state index < -0.39 is 5.97 Å². The summed E-state index contributed by atoms with van der Waals surface area (Å²) < 4.78 is 0. The van der Waals surface area contributed by atoms with Crippen LogP contribution in [-0.4, -0.2) is 21.0 Å². The molecular formula is C14H8Cl2N2O2S. The van der Waals surface area contributed by atoms with E-state index in [0.29, 0.717) is 20.7 Å². The zero-order valence-corrected chi connectivity index (χ0v) is 12.8. The third kappa shape index (κ3) is 3.00. The molecule has 1 aromatic heterocycles. The van der Waals surface area contributed by atoms with Crippen LogP contribution in [0.4, 0.5) is 0 Å². The third-order valence-electron chi connectivity index (χ3n) is 2.80. The summed E-state index contributed by atoms with van der Waals surface area (Å²) in [6.07, 6.45) is 0. The number of aromatic carboxylic acids is 1. The Morgan fingerprint density at radius 3 is 2.71 bits per heavy atom. The normalized spacial score (nSPS) is 11.0. The van der Waals surface area contributed by atoms with Gasteiger partial charge in [0.2, 0.25) is 0 Å². The number of H-pyrrole nitrogens is 1. The van der Waals surface area contributed by atoms with Crippen molar-refractivity contribution in [3.63, 3.8) is 0 Å². The summed E-state index contributed by atoms with van der Waals surface area (Å²) >= 11 is 13.3. The fourth-order valence-corrected chi connectivity index (χ4v) is 3.02. The number of carboxylic acid groups (broad SMARTS) is 1. The van der Waals surface area contributed by atoms with E-state index >= 15 is 0 Å². The van der Waals surface area contributed by atoms with E-state index in [-0.39, 0.29) is 5.56 Å². The third-order valence-corrected chi connectivity index (χ3v) is 4.40. The number of aromatic amines is 1. The zero-order chi connectivity index (χ0) is 15.0. The zero-order valence-electron chi connectivity index (χ0n) is 10.4. The van der Waals surface area contributed by atoms with Crippen molar-refractivity contribution in [2.24, 2.45) is 0 Å². The molecule has 0 amide bonds. The number of hydrogen-bond donors (Lipinski definition) is 2. The van der Waals surface area contributed by atoms with Crippen molar-refractivity contribution in [1.29, 1.82) is 0 Å². The molecule has 0 saturated carbocycles. The van der Waals surface area contributed by atoms with Gasteiger partial charge in [-0.15, -0.1) is 0 Å². The second kappa shape index (κ2) is 5.60. The first kappa shape index (κ1) is 14.3. The Kier molecular flexibility index (Phi) is 3.80. The number of carboxylic acids is 1. The van der Waals surface area contributed by atoms with E-state index in [1.807, 2.05) is 6.07 Å². The first-order valence-corrected chi connectivity index (χ1v) is 7.46.